The lowest BCUT2D eigenvalue weighted by Crippen LogP contribution is -2.10. The fourth-order valence-electron chi connectivity index (χ4n) is 5.95. The zero-order chi connectivity index (χ0) is 31.6. The minimum Gasteiger partial charge on any atom is -0.310 e. The lowest BCUT2D eigenvalue weighted by atomic mass is 10.1. The highest BCUT2D eigenvalue weighted by molar-refractivity contribution is 5.82. The van der Waals surface area contributed by atoms with Crippen LogP contribution in [0.3, 0.4) is 0 Å². The molecule has 7 aliphatic rings. The van der Waals surface area contributed by atoms with Gasteiger partial charge in [0, 0.05) is 34.1 Å². The molecule has 0 fully saturated rings. The predicted octanol–water partition coefficient (Wildman–Crippen LogP) is 12.5. The lowest BCUT2D eigenvalue weighted by Gasteiger charge is -2.26. The van der Waals surface area contributed by atoms with Crippen LogP contribution in [0.25, 0.3) is 24.3 Å². The van der Waals surface area contributed by atoms with Crippen LogP contribution >= 0.6 is 0 Å². The minimum absolute atomic E-state index is 1.13. The predicted molar refractivity (Wildman–Crippen MR) is 199 cm³/mol. The van der Waals surface area contributed by atoms with Gasteiger partial charge in [0.15, 0.2) is 0 Å². The Balaban J connectivity index is 1.33. The third kappa shape index (κ3) is 6.03. The number of anilines is 6. The summed E-state index contributed by atoms with van der Waals surface area (Å²) in [5, 5.41) is 0. The molecule has 0 saturated heterocycles. The third-order valence-corrected chi connectivity index (χ3v) is 9.04. The van der Waals surface area contributed by atoms with Gasteiger partial charge in [-0.25, -0.2) is 0 Å². The molecule has 0 amide bonds. The molecule has 0 saturated carbocycles. The van der Waals surface area contributed by atoms with Crippen LogP contribution in [0.15, 0.2) is 133 Å². The quantitative estimate of drug-likeness (QED) is 0.196. The van der Waals surface area contributed by atoms with E-state index in [4.69, 9.17) is 0 Å². The van der Waals surface area contributed by atoms with Gasteiger partial charge < -0.3 is 9.80 Å². The molecule has 2 nitrogen and oxygen atoms in total. The molecule has 0 aliphatic carbocycles. The van der Waals surface area contributed by atoms with Crippen molar-refractivity contribution >= 4 is 58.4 Å². The molecule has 0 aromatic heterocycles. The van der Waals surface area contributed by atoms with Crippen molar-refractivity contribution in [3.8, 4) is 0 Å². The minimum atomic E-state index is 1.13. The molecule has 0 radical (unpaired) electrons. The Labute approximate surface area is 273 Å². The normalized spacial score (nSPS) is 12.5. The van der Waals surface area contributed by atoms with E-state index >= 15 is 0 Å². The van der Waals surface area contributed by atoms with Crippen LogP contribution in [0.4, 0.5) is 34.1 Å². The van der Waals surface area contributed by atoms with Gasteiger partial charge in [-0.05, 0) is 145 Å². The highest BCUT2D eigenvalue weighted by atomic mass is 15.1. The van der Waals surface area contributed by atoms with Crippen LogP contribution in [0, 0.1) is 27.7 Å². The Morgan fingerprint density at radius 3 is 0.739 bits per heavy atom. The summed E-state index contributed by atoms with van der Waals surface area (Å²) in [5.74, 6) is 0. The Hall–Kier alpha value is -5.60. The van der Waals surface area contributed by atoms with Crippen LogP contribution in [-0.2, 0) is 0 Å². The molecule has 7 heterocycles. The van der Waals surface area contributed by atoms with E-state index in [0.29, 0.717) is 0 Å². The van der Waals surface area contributed by atoms with Crippen molar-refractivity contribution in [1.29, 1.82) is 0 Å². The van der Waals surface area contributed by atoms with E-state index in [-0.39, 0.29) is 0 Å². The molecule has 224 valence electrons. The average Bonchev–Trinajstić information content (AvgIpc) is 3.08. The van der Waals surface area contributed by atoms with Crippen molar-refractivity contribution in [2.24, 2.45) is 0 Å². The van der Waals surface area contributed by atoms with E-state index in [9.17, 15) is 0 Å². The topological polar surface area (TPSA) is 6.48 Å². The molecule has 0 unspecified atom stereocenters. The number of aryl methyl sites for hydroxylation is 4. The monoisotopic (exact) mass is 594 g/mol. The van der Waals surface area contributed by atoms with Gasteiger partial charge in [-0.15, -0.1) is 0 Å². The maximum absolute atomic E-state index is 2.33. The fraction of sp³-hybridized carbons (Fsp3) is 0.0909. The second kappa shape index (κ2) is 12.4. The Morgan fingerprint density at radius 1 is 0.261 bits per heavy atom. The van der Waals surface area contributed by atoms with Gasteiger partial charge in [-0.3, -0.25) is 0 Å². The molecule has 6 aromatic rings. The van der Waals surface area contributed by atoms with E-state index in [2.05, 4.69) is 195 Å². The molecule has 46 heavy (non-hydrogen) atoms. The van der Waals surface area contributed by atoms with Crippen molar-refractivity contribution in [1.82, 2.24) is 0 Å². The molecular formula is C44H38N2. The SMILES string of the molecule is Cc1ccc(N2c3ccc(cc3)C=Cc3ccc(cc3)N(c3ccc(C)c(C)c3)c3ccc(cc3)C=Cc3ccc2cc3)cc1C. The van der Waals surface area contributed by atoms with Crippen molar-refractivity contribution in [2.75, 3.05) is 9.80 Å². The fourth-order valence-corrected chi connectivity index (χ4v) is 5.95. The summed E-state index contributed by atoms with van der Waals surface area (Å²) in [6.45, 7) is 8.68. The number of benzene rings is 6. The highest BCUT2D eigenvalue weighted by Crippen LogP contribution is 2.38. The van der Waals surface area contributed by atoms with E-state index in [1.165, 1.54) is 22.3 Å². The first kappa shape index (κ1) is 29.1. The van der Waals surface area contributed by atoms with Crippen LogP contribution in [-0.4, -0.2) is 0 Å². The maximum Gasteiger partial charge on any atom is 0.0464 e. The van der Waals surface area contributed by atoms with E-state index in [1.807, 2.05) is 0 Å². The molecule has 8 bridgehead atoms. The first-order chi connectivity index (χ1) is 22.4. The van der Waals surface area contributed by atoms with Gasteiger partial charge in [-0.1, -0.05) is 85.0 Å². The maximum atomic E-state index is 2.33. The summed E-state index contributed by atoms with van der Waals surface area (Å²) in [6, 6.07) is 48.6. The summed E-state index contributed by atoms with van der Waals surface area (Å²) in [7, 11) is 0. The summed E-state index contributed by atoms with van der Waals surface area (Å²) >= 11 is 0. The lowest BCUT2D eigenvalue weighted by molar-refractivity contribution is 1.25. The number of hydrogen-bond donors (Lipinski definition) is 0. The summed E-state index contributed by atoms with van der Waals surface area (Å²) in [6.07, 6.45) is 8.75. The van der Waals surface area contributed by atoms with Gasteiger partial charge >= 0.3 is 0 Å². The van der Waals surface area contributed by atoms with Crippen molar-refractivity contribution in [3.63, 3.8) is 0 Å². The van der Waals surface area contributed by atoms with Gasteiger partial charge in [0.1, 0.15) is 0 Å². The molecule has 13 rings (SSSR count). The van der Waals surface area contributed by atoms with Crippen LogP contribution < -0.4 is 9.80 Å². The number of rotatable bonds is 2. The van der Waals surface area contributed by atoms with E-state index in [1.54, 1.807) is 0 Å². The molecule has 0 N–H and O–H groups in total. The van der Waals surface area contributed by atoms with Gasteiger partial charge in [0.05, 0.1) is 0 Å². The molecule has 0 spiro atoms. The zero-order valence-electron chi connectivity index (χ0n) is 26.9. The Morgan fingerprint density at radius 2 is 0.500 bits per heavy atom. The zero-order valence-corrected chi connectivity index (χ0v) is 26.9. The van der Waals surface area contributed by atoms with Gasteiger partial charge in [0.25, 0.3) is 0 Å². The summed E-state index contributed by atoms with van der Waals surface area (Å²) in [5.41, 5.74) is 16.6. The molecule has 7 aliphatic heterocycles. The van der Waals surface area contributed by atoms with Crippen molar-refractivity contribution in [3.05, 3.63) is 178 Å². The smallest absolute Gasteiger partial charge is 0.0464 e. The molecular weight excluding hydrogens is 556 g/mol. The summed E-state index contributed by atoms with van der Waals surface area (Å²) in [4.78, 5) is 4.66. The van der Waals surface area contributed by atoms with Crippen LogP contribution in [0.5, 0.6) is 0 Å². The van der Waals surface area contributed by atoms with Crippen molar-refractivity contribution < 1.29 is 0 Å². The second-order valence-electron chi connectivity index (χ2n) is 12.2. The standard InChI is InChI=1S/C44H38N2/c1-31-5-19-43(29-33(31)3)45-39-21-11-35(12-22-39)7-9-37-15-25-41(26-16-37)46(44-20-6-32(2)34(4)30-44)42-27-17-38(18-28-42)10-8-36-13-23-40(45)24-14-36/h5-30H,1-4H3. The summed E-state index contributed by atoms with van der Waals surface area (Å²) < 4.78 is 0. The van der Waals surface area contributed by atoms with Gasteiger partial charge in [0.2, 0.25) is 0 Å². The number of nitrogens with zero attached hydrogens (tertiary/aromatic N) is 2. The third-order valence-electron chi connectivity index (χ3n) is 9.04. The highest BCUT2D eigenvalue weighted by Gasteiger charge is 2.15. The average molecular weight is 595 g/mol. The largest absolute Gasteiger partial charge is 0.310 e. The first-order valence-corrected chi connectivity index (χ1v) is 15.9. The van der Waals surface area contributed by atoms with E-state index < -0.39 is 0 Å². The van der Waals surface area contributed by atoms with Gasteiger partial charge in [-0.2, -0.15) is 0 Å². The van der Waals surface area contributed by atoms with Crippen LogP contribution in [0.2, 0.25) is 0 Å². The number of hydrogen-bond acceptors (Lipinski definition) is 2. The Bertz CT molecular complexity index is 1800. The van der Waals surface area contributed by atoms with E-state index in [0.717, 1.165) is 56.4 Å². The Kier molecular flexibility index (Phi) is 7.86. The second-order valence-corrected chi connectivity index (χ2v) is 12.2. The first-order valence-electron chi connectivity index (χ1n) is 15.9. The van der Waals surface area contributed by atoms with Crippen LogP contribution in [0.1, 0.15) is 44.5 Å². The molecule has 2 heteroatoms. The molecule has 6 aromatic carbocycles. The molecule has 0 atom stereocenters. The van der Waals surface area contributed by atoms with Crippen molar-refractivity contribution in [2.45, 2.75) is 27.7 Å².